The van der Waals surface area contributed by atoms with Crippen LogP contribution in [0.5, 0.6) is 0 Å². The van der Waals surface area contributed by atoms with Crippen molar-refractivity contribution in [3.63, 3.8) is 0 Å². The van der Waals surface area contributed by atoms with Gasteiger partial charge in [-0.2, -0.15) is 0 Å². The molecule has 17 heavy (non-hydrogen) atoms. The van der Waals surface area contributed by atoms with Crippen LogP contribution in [0, 0.1) is 0 Å². The van der Waals surface area contributed by atoms with E-state index in [0.29, 0.717) is 18.0 Å². The highest BCUT2D eigenvalue weighted by Crippen LogP contribution is 2.32. The molecule has 1 fully saturated rings. The minimum absolute atomic E-state index is 0.0849. The molecule has 0 aliphatic carbocycles. The van der Waals surface area contributed by atoms with Crippen LogP contribution in [0.25, 0.3) is 10.2 Å². The number of halogens is 1. The summed E-state index contributed by atoms with van der Waals surface area (Å²) in [4.78, 5) is 15.5. The van der Waals surface area contributed by atoms with Crippen molar-refractivity contribution in [3.05, 3.63) is 23.2 Å². The van der Waals surface area contributed by atoms with Gasteiger partial charge in [0.25, 0.3) is 0 Å². The van der Waals surface area contributed by atoms with Crippen LogP contribution >= 0.6 is 22.9 Å². The van der Waals surface area contributed by atoms with Crippen molar-refractivity contribution in [1.29, 1.82) is 0 Å². The number of aromatic nitrogens is 1. The van der Waals surface area contributed by atoms with Crippen molar-refractivity contribution in [3.8, 4) is 0 Å². The Morgan fingerprint density at radius 1 is 1.53 bits per heavy atom. The summed E-state index contributed by atoms with van der Waals surface area (Å²) in [6.07, 6.45) is 0.504. The van der Waals surface area contributed by atoms with Gasteiger partial charge in [0.2, 0.25) is 5.91 Å². The fraction of sp³-hybridized carbons (Fsp3) is 0.273. The largest absolute Gasteiger partial charge is 0.356 e. The fourth-order valence-electron chi connectivity index (χ4n) is 1.86. The highest BCUT2D eigenvalue weighted by atomic mass is 35.5. The van der Waals surface area contributed by atoms with Crippen LogP contribution in [0.2, 0.25) is 5.02 Å². The van der Waals surface area contributed by atoms with Crippen LogP contribution in [-0.2, 0) is 4.79 Å². The number of hydrogen-bond acceptors (Lipinski definition) is 4. The average molecular weight is 268 g/mol. The number of carbonyl (C=O) groups is 1. The Bertz CT molecular complexity index is 583. The highest BCUT2D eigenvalue weighted by molar-refractivity contribution is 7.22. The van der Waals surface area contributed by atoms with E-state index in [9.17, 15) is 4.79 Å². The lowest BCUT2D eigenvalue weighted by molar-refractivity contribution is -0.119. The summed E-state index contributed by atoms with van der Waals surface area (Å²) in [6.45, 7) is 0.655. The number of anilines is 1. The number of nitrogens with one attached hydrogen (secondary N) is 2. The van der Waals surface area contributed by atoms with Crippen molar-refractivity contribution < 1.29 is 4.79 Å². The number of thiazole rings is 1. The second kappa shape index (κ2) is 4.16. The quantitative estimate of drug-likeness (QED) is 0.878. The van der Waals surface area contributed by atoms with Crippen LogP contribution in [0.15, 0.2) is 18.2 Å². The molecule has 1 unspecified atom stereocenters. The van der Waals surface area contributed by atoms with Gasteiger partial charge < -0.3 is 10.6 Å². The molecule has 1 saturated heterocycles. The van der Waals surface area contributed by atoms with E-state index in [1.54, 1.807) is 0 Å². The van der Waals surface area contributed by atoms with Crippen molar-refractivity contribution >= 4 is 44.2 Å². The monoisotopic (exact) mass is 267 g/mol. The zero-order valence-corrected chi connectivity index (χ0v) is 10.4. The molecule has 1 aliphatic heterocycles. The molecule has 0 saturated carbocycles. The van der Waals surface area contributed by atoms with Gasteiger partial charge in [0.1, 0.15) is 0 Å². The number of benzene rings is 1. The Hall–Kier alpha value is -1.33. The first-order valence-corrected chi connectivity index (χ1v) is 6.50. The van der Waals surface area contributed by atoms with E-state index in [4.69, 9.17) is 11.6 Å². The minimum Gasteiger partial charge on any atom is -0.356 e. The lowest BCUT2D eigenvalue weighted by Crippen LogP contribution is -2.22. The van der Waals surface area contributed by atoms with Crippen LogP contribution in [-0.4, -0.2) is 23.5 Å². The van der Waals surface area contributed by atoms with Crippen LogP contribution in [0.1, 0.15) is 6.42 Å². The summed E-state index contributed by atoms with van der Waals surface area (Å²) >= 11 is 7.61. The topological polar surface area (TPSA) is 54.0 Å². The third-order valence-electron chi connectivity index (χ3n) is 2.67. The number of fused-ring (bicyclic) bond motifs is 1. The number of rotatable bonds is 2. The van der Waals surface area contributed by atoms with Crippen molar-refractivity contribution in [2.24, 2.45) is 0 Å². The molecule has 1 aromatic carbocycles. The maximum atomic E-state index is 11.1. The van der Waals surface area contributed by atoms with Gasteiger partial charge in [0, 0.05) is 13.0 Å². The van der Waals surface area contributed by atoms with E-state index in [1.165, 1.54) is 11.3 Å². The van der Waals surface area contributed by atoms with Crippen LogP contribution < -0.4 is 10.6 Å². The van der Waals surface area contributed by atoms with Gasteiger partial charge in [-0.05, 0) is 12.1 Å². The van der Waals surface area contributed by atoms with Crippen molar-refractivity contribution in [1.82, 2.24) is 10.3 Å². The highest BCUT2D eigenvalue weighted by Gasteiger charge is 2.22. The summed E-state index contributed by atoms with van der Waals surface area (Å²) in [7, 11) is 0. The summed E-state index contributed by atoms with van der Waals surface area (Å²) in [5.41, 5.74) is 0.891. The maximum Gasteiger partial charge on any atom is 0.222 e. The Morgan fingerprint density at radius 2 is 2.41 bits per heavy atom. The van der Waals surface area contributed by atoms with Gasteiger partial charge in [0.05, 0.1) is 21.3 Å². The van der Waals surface area contributed by atoms with Gasteiger partial charge in [-0.1, -0.05) is 29.0 Å². The molecule has 2 aromatic rings. The van der Waals surface area contributed by atoms with E-state index in [1.807, 2.05) is 18.2 Å². The molecule has 2 N–H and O–H groups in total. The second-order valence-corrected chi connectivity index (χ2v) is 5.36. The Kier molecular flexibility index (Phi) is 2.64. The number of nitrogens with zero attached hydrogens (tertiary/aromatic N) is 1. The van der Waals surface area contributed by atoms with Gasteiger partial charge in [-0.3, -0.25) is 4.79 Å². The smallest absolute Gasteiger partial charge is 0.222 e. The molecule has 88 valence electrons. The molecule has 0 radical (unpaired) electrons. The fourth-order valence-corrected chi connectivity index (χ4v) is 3.09. The molecule has 1 aliphatic rings. The predicted octanol–water partition coefficient (Wildman–Crippen LogP) is 2.25. The Balaban J connectivity index is 1.86. The SMILES string of the molecule is O=C1CC(Nc2nc3cccc(Cl)c3s2)CN1. The van der Waals surface area contributed by atoms with Gasteiger partial charge in [-0.15, -0.1) is 0 Å². The minimum atomic E-state index is 0.0849. The average Bonchev–Trinajstić information content (AvgIpc) is 2.86. The number of hydrogen-bond donors (Lipinski definition) is 2. The normalized spacial score (nSPS) is 19.6. The standard InChI is InChI=1S/C11H10ClN3OS/c12-7-2-1-3-8-10(7)17-11(15-8)14-6-4-9(16)13-5-6/h1-3,6H,4-5H2,(H,13,16)(H,14,15). The van der Waals surface area contributed by atoms with E-state index < -0.39 is 0 Å². The molecule has 0 spiro atoms. The molecule has 4 nitrogen and oxygen atoms in total. The molecular formula is C11H10ClN3OS. The van der Waals surface area contributed by atoms with E-state index in [2.05, 4.69) is 15.6 Å². The molecule has 6 heteroatoms. The van der Waals surface area contributed by atoms with Crippen LogP contribution in [0.3, 0.4) is 0 Å². The predicted molar refractivity (Wildman–Crippen MR) is 69.7 cm³/mol. The first-order chi connectivity index (χ1) is 8.22. The van der Waals surface area contributed by atoms with E-state index in [0.717, 1.165) is 15.3 Å². The van der Waals surface area contributed by atoms with Gasteiger partial charge in [-0.25, -0.2) is 4.98 Å². The van der Waals surface area contributed by atoms with E-state index >= 15 is 0 Å². The van der Waals surface area contributed by atoms with E-state index in [-0.39, 0.29) is 11.9 Å². The molecular weight excluding hydrogens is 258 g/mol. The number of carbonyl (C=O) groups excluding carboxylic acids is 1. The molecule has 2 heterocycles. The summed E-state index contributed by atoms with van der Waals surface area (Å²) in [5, 5.41) is 7.57. The zero-order valence-electron chi connectivity index (χ0n) is 8.87. The zero-order chi connectivity index (χ0) is 11.8. The van der Waals surface area contributed by atoms with Crippen LogP contribution in [0.4, 0.5) is 5.13 Å². The second-order valence-electron chi connectivity index (χ2n) is 3.96. The molecule has 1 atom stereocenters. The summed E-state index contributed by atoms with van der Waals surface area (Å²) in [5.74, 6) is 0.0849. The lowest BCUT2D eigenvalue weighted by Gasteiger charge is -2.07. The third kappa shape index (κ3) is 2.08. The molecule has 0 bridgehead atoms. The molecule has 1 aromatic heterocycles. The molecule has 1 amide bonds. The Morgan fingerprint density at radius 3 is 3.12 bits per heavy atom. The van der Waals surface area contributed by atoms with Gasteiger partial charge in [0.15, 0.2) is 5.13 Å². The van der Waals surface area contributed by atoms with Gasteiger partial charge >= 0.3 is 0 Å². The third-order valence-corrected chi connectivity index (χ3v) is 4.13. The Labute approximate surface area is 107 Å². The summed E-state index contributed by atoms with van der Waals surface area (Å²) in [6, 6.07) is 5.80. The van der Waals surface area contributed by atoms with Crippen molar-refractivity contribution in [2.75, 3.05) is 11.9 Å². The maximum absolute atomic E-state index is 11.1. The first-order valence-electron chi connectivity index (χ1n) is 5.30. The summed E-state index contributed by atoms with van der Waals surface area (Å²) < 4.78 is 0.981. The first kappa shape index (κ1) is 10.8. The molecule has 3 rings (SSSR count). The number of amides is 1. The van der Waals surface area contributed by atoms with Crippen molar-refractivity contribution in [2.45, 2.75) is 12.5 Å². The lowest BCUT2D eigenvalue weighted by atomic mass is 10.3.